The summed E-state index contributed by atoms with van der Waals surface area (Å²) >= 11 is 0. The maximum atomic E-state index is 14.1. The molecule has 2 heterocycles. The molecule has 1 aromatic carbocycles. The minimum Gasteiger partial charge on any atom is -0.368 e. The van der Waals surface area contributed by atoms with E-state index >= 15 is 0 Å². The Balaban J connectivity index is 1.56. The summed E-state index contributed by atoms with van der Waals surface area (Å²) in [4.78, 5) is 11.9. The van der Waals surface area contributed by atoms with Crippen molar-refractivity contribution in [2.45, 2.75) is 37.9 Å². The average Bonchev–Trinajstić information content (AvgIpc) is 3.24. The van der Waals surface area contributed by atoms with Crippen molar-refractivity contribution < 1.29 is 17.6 Å². The van der Waals surface area contributed by atoms with Gasteiger partial charge in [0.25, 0.3) is 0 Å². The molecule has 1 aliphatic carbocycles. The van der Waals surface area contributed by atoms with Crippen LogP contribution in [0, 0.1) is 5.82 Å². The van der Waals surface area contributed by atoms with Crippen molar-refractivity contribution in [3.63, 3.8) is 0 Å². The largest absolute Gasteiger partial charge is 0.418 e. The van der Waals surface area contributed by atoms with Gasteiger partial charge in [0.15, 0.2) is 11.6 Å². The van der Waals surface area contributed by atoms with Crippen molar-refractivity contribution in [2.24, 2.45) is 0 Å². The number of alkyl halides is 3. The predicted molar refractivity (Wildman–Crippen MR) is 112 cm³/mol. The van der Waals surface area contributed by atoms with Crippen molar-refractivity contribution in [2.75, 3.05) is 48.8 Å². The second-order valence-corrected chi connectivity index (χ2v) is 8.16. The van der Waals surface area contributed by atoms with Crippen LogP contribution in [-0.4, -0.2) is 54.1 Å². The van der Waals surface area contributed by atoms with Crippen LogP contribution >= 0.6 is 0 Å². The van der Waals surface area contributed by atoms with E-state index in [1.54, 1.807) is 11.0 Å². The van der Waals surface area contributed by atoms with Gasteiger partial charge in [0.05, 0.1) is 11.8 Å². The molecule has 0 radical (unpaired) electrons. The molecule has 0 spiro atoms. The van der Waals surface area contributed by atoms with Crippen LogP contribution in [0.25, 0.3) is 0 Å². The monoisotopic (exact) mass is 438 g/mol. The fourth-order valence-corrected chi connectivity index (χ4v) is 4.09. The fourth-order valence-electron chi connectivity index (χ4n) is 4.09. The number of piperazine rings is 1. The highest BCUT2D eigenvalue weighted by molar-refractivity contribution is 5.65. The molecule has 0 bridgehead atoms. The number of likely N-dealkylation sites (N-methyl/N-ethyl adjacent to an activating group) is 1. The van der Waals surface area contributed by atoms with Gasteiger partial charge in [-0.05, 0) is 38.1 Å². The molecule has 0 amide bonds. The Labute approximate surface area is 178 Å². The first-order valence-electron chi connectivity index (χ1n) is 10.5. The molecule has 4 rings (SSSR count). The highest BCUT2D eigenvalue weighted by Crippen LogP contribution is 2.39. The maximum absolute atomic E-state index is 14.1. The zero-order valence-corrected chi connectivity index (χ0v) is 17.3. The summed E-state index contributed by atoms with van der Waals surface area (Å²) in [7, 11) is 1.95. The smallest absolute Gasteiger partial charge is 0.368 e. The van der Waals surface area contributed by atoms with Crippen molar-refractivity contribution >= 4 is 23.1 Å². The minimum absolute atomic E-state index is 0.0439. The summed E-state index contributed by atoms with van der Waals surface area (Å²) in [5.74, 6) is -0.476. The molecule has 6 nitrogen and oxygen atoms in total. The topological polar surface area (TPSA) is 56.3 Å². The zero-order chi connectivity index (χ0) is 22.0. The van der Waals surface area contributed by atoms with Crippen LogP contribution < -0.4 is 15.5 Å². The molecule has 1 saturated heterocycles. The van der Waals surface area contributed by atoms with Gasteiger partial charge in [-0.3, -0.25) is 0 Å². The summed E-state index contributed by atoms with van der Waals surface area (Å²) in [6, 6.07) is 4.25. The third-order valence-electron chi connectivity index (χ3n) is 5.84. The number of aromatic nitrogens is 2. The summed E-state index contributed by atoms with van der Waals surface area (Å²) in [5.41, 5.74) is -0.355. The molecule has 0 unspecified atom stereocenters. The van der Waals surface area contributed by atoms with E-state index in [0.717, 1.165) is 37.9 Å². The third-order valence-corrected chi connectivity index (χ3v) is 5.84. The first-order chi connectivity index (χ1) is 14.8. The maximum Gasteiger partial charge on any atom is 0.418 e. The average molecular weight is 438 g/mol. The van der Waals surface area contributed by atoms with Gasteiger partial charge in [-0.25, -0.2) is 9.37 Å². The summed E-state index contributed by atoms with van der Waals surface area (Å²) in [5, 5.41) is 5.86. The van der Waals surface area contributed by atoms with Crippen LogP contribution in [0.4, 0.5) is 40.7 Å². The molecule has 2 aliphatic rings. The Bertz CT molecular complexity index is 905. The number of benzene rings is 1. The van der Waals surface area contributed by atoms with E-state index in [9.17, 15) is 17.6 Å². The quantitative estimate of drug-likeness (QED) is 0.672. The summed E-state index contributed by atoms with van der Waals surface area (Å²) in [6.07, 6.45) is 0.555. The van der Waals surface area contributed by atoms with E-state index in [4.69, 9.17) is 0 Å². The van der Waals surface area contributed by atoms with Gasteiger partial charge in [-0.15, -0.1) is 0 Å². The second kappa shape index (κ2) is 8.86. The highest BCUT2D eigenvalue weighted by atomic mass is 19.4. The molecule has 1 aliphatic heterocycles. The summed E-state index contributed by atoms with van der Waals surface area (Å²) in [6.45, 7) is 2.47. The highest BCUT2D eigenvalue weighted by Gasteiger charge is 2.35. The number of hydrogen-bond donors (Lipinski definition) is 2. The molecule has 31 heavy (non-hydrogen) atoms. The number of nitrogens with one attached hydrogen (secondary N) is 2. The minimum atomic E-state index is -4.50. The number of nitrogens with zero attached hydrogens (tertiary/aromatic N) is 4. The molecule has 168 valence electrons. The van der Waals surface area contributed by atoms with Gasteiger partial charge in [0.1, 0.15) is 0 Å². The number of rotatable bonds is 5. The van der Waals surface area contributed by atoms with Crippen molar-refractivity contribution in [1.29, 1.82) is 0 Å². The van der Waals surface area contributed by atoms with Crippen LogP contribution in [-0.2, 0) is 6.18 Å². The van der Waals surface area contributed by atoms with Gasteiger partial charge >= 0.3 is 6.18 Å². The molecule has 1 aromatic heterocycles. The van der Waals surface area contributed by atoms with Crippen molar-refractivity contribution in [1.82, 2.24) is 14.9 Å². The number of halogens is 4. The van der Waals surface area contributed by atoms with E-state index in [1.165, 1.54) is 6.07 Å². The first kappa shape index (κ1) is 21.6. The molecule has 2 fully saturated rings. The lowest BCUT2D eigenvalue weighted by Crippen LogP contribution is -2.45. The van der Waals surface area contributed by atoms with Gasteiger partial charge < -0.3 is 20.4 Å². The van der Waals surface area contributed by atoms with Gasteiger partial charge in [-0.1, -0.05) is 12.8 Å². The molecule has 0 atom stereocenters. The molecule has 10 heteroatoms. The number of hydrogen-bond acceptors (Lipinski definition) is 6. The van der Waals surface area contributed by atoms with E-state index in [2.05, 4.69) is 25.5 Å². The van der Waals surface area contributed by atoms with E-state index < -0.39 is 17.6 Å². The van der Waals surface area contributed by atoms with E-state index in [1.807, 2.05) is 7.05 Å². The van der Waals surface area contributed by atoms with E-state index in [0.29, 0.717) is 26.2 Å². The van der Waals surface area contributed by atoms with E-state index in [-0.39, 0.29) is 29.2 Å². The standard InChI is InChI=1S/C21H26F4N6/c1-30-8-10-31(11-9-30)18-7-6-15(12-16(18)21(23,24)25)28-20-26-13-17(22)19(29-20)27-14-4-2-3-5-14/h6-7,12-14H,2-5,8-11H2,1H3,(H2,26,27,28,29). The Hall–Kier alpha value is -2.62. The van der Waals surface area contributed by atoms with Crippen molar-refractivity contribution in [3.05, 3.63) is 35.8 Å². The SMILES string of the molecule is CN1CCN(c2ccc(Nc3ncc(F)c(NC4CCCC4)n3)cc2C(F)(F)F)CC1. The molecule has 2 N–H and O–H groups in total. The molecule has 2 aromatic rings. The van der Waals surface area contributed by atoms with Gasteiger partial charge in [0, 0.05) is 43.6 Å². The normalized spacial score (nSPS) is 18.4. The van der Waals surface area contributed by atoms with Crippen LogP contribution in [0.2, 0.25) is 0 Å². The third kappa shape index (κ3) is 5.17. The lowest BCUT2D eigenvalue weighted by Gasteiger charge is -2.35. The van der Waals surface area contributed by atoms with Gasteiger partial charge in [0.2, 0.25) is 5.95 Å². The zero-order valence-electron chi connectivity index (χ0n) is 17.3. The van der Waals surface area contributed by atoms with Gasteiger partial charge in [-0.2, -0.15) is 18.2 Å². The van der Waals surface area contributed by atoms with Crippen LogP contribution in [0.3, 0.4) is 0 Å². The summed E-state index contributed by atoms with van der Waals surface area (Å²) < 4.78 is 55.5. The van der Waals surface area contributed by atoms with Crippen molar-refractivity contribution in [3.8, 4) is 0 Å². The molecular formula is C21H26F4N6. The second-order valence-electron chi connectivity index (χ2n) is 8.16. The first-order valence-corrected chi connectivity index (χ1v) is 10.5. The number of anilines is 4. The van der Waals surface area contributed by atoms with Crippen LogP contribution in [0.1, 0.15) is 31.2 Å². The Morgan fingerprint density at radius 1 is 1.06 bits per heavy atom. The molecule has 1 saturated carbocycles. The Morgan fingerprint density at radius 2 is 1.77 bits per heavy atom. The lowest BCUT2D eigenvalue weighted by molar-refractivity contribution is -0.137. The Kier molecular flexibility index (Phi) is 6.17. The fraction of sp³-hybridized carbons (Fsp3) is 0.524. The Morgan fingerprint density at radius 3 is 2.45 bits per heavy atom. The van der Waals surface area contributed by atoms with Crippen LogP contribution in [0.5, 0.6) is 0 Å². The van der Waals surface area contributed by atoms with Crippen LogP contribution in [0.15, 0.2) is 24.4 Å². The molecular weight excluding hydrogens is 412 g/mol. The predicted octanol–water partition coefficient (Wildman–Crippen LogP) is 4.48. The lowest BCUT2D eigenvalue weighted by atomic mass is 10.1.